The van der Waals surface area contributed by atoms with Crippen LogP contribution in [0.15, 0.2) is 18.2 Å². The van der Waals surface area contributed by atoms with Crippen molar-refractivity contribution in [3.63, 3.8) is 0 Å². The Labute approximate surface area is 120 Å². The summed E-state index contributed by atoms with van der Waals surface area (Å²) in [7, 11) is 1.70. The van der Waals surface area contributed by atoms with Crippen molar-refractivity contribution >= 4 is 0 Å². The van der Waals surface area contributed by atoms with Crippen LogP contribution in [0, 0.1) is 12.7 Å². The molecule has 4 heteroatoms. The highest BCUT2D eigenvalue weighted by Crippen LogP contribution is 2.28. The number of hydrogen-bond donors (Lipinski definition) is 1. The highest BCUT2D eigenvalue weighted by atomic mass is 19.1. The molecule has 0 radical (unpaired) electrons. The van der Waals surface area contributed by atoms with Crippen molar-refractivity contribution in [2.24, 2.45) is 0 Å². The average Bonchev–Trinajstić information content (AvgIpc) is 3.26. The maximum atomic E-state index is 13.5. The Balaban J connectivity index is 1.86. The molecule has 0 saturated heterocycles. The quantitative estimate of drug-likeness (QED) is 0.795. The molecule has 112 valence electrons. The van der Waals surface area contributed by atoms with Gasteiger partial charge in [0.1, 0.15) is 5.82 Å². The molecule has 1 N–H and O–H groups in total. The Morgan fingerprint density at radius 1 is 1.40 bits per heavy atom. The Kier molecular flexibility index (Phi) is 5.52. The van der Waals surface area contributed by atoms with Crippen molar-refractivity contribution in [3.8, 4) is 0 Å². The Morgan fingerprint density at radius 3 is 2.75 bits per heavy atom. The summed E-state index contributed by atoms with van der Waals surface area (Å²) in [5.41, 5.74) is 1.27. The van der Waals surface area contributed by atoms with Crippen LogP contribution in [-0.4, -0.2) is 42.9 Å². The lowest BCUT2D eigenvalue weighted by atomic mass is 10.0. The molecular weight excluding hydrogens is 257 g/mol. The summed E-state index contributed by atoms with van der Waals surface area (Å²) in [4.78, 5) is 2.36. The summed E-state index contributed by atoms with van der Waals surface area (Å²) in [5.74, 6) is -0.250. The van der Waals surface area contributed by atoms with E-state index < -0.39 is 6.10 Å². The number of benzene rings is 1. The molecule has 2 rings (SSSR count). The highest BCUT2D eigenvalue weighted by molar-refractivity contribution is 5.24. The molecule has 1 saturated carbocycles. The minimum absolute atomic E-state index is 0.250. The summed E-state index contributed by atoms with van der Waals surface area (Å²) in [6.07, 6.45) is 2.49. The molecule has 0 bridgehead atoms. The summed E-state index contributed by atoms with van der Waals surface area (Å²) in [6, 6.07) is 5.61. The number of aliphatic hydroxyl groups is 1. The van der Waals surface area contributed by atoms with Crippen LogP contribution in [-0.2, 0) is 4.74 Å². The van der Waals surface area contributed by atoms with Crippen LogP contribution >= 0.6 is 0 Å². The molecule has 0 spiro atoms. The number of rotatable bonds is 8. The maximum Gasteiger partial charge on any atom is 0.126 e. The number of halogens is 1. The van der Waals surface area contributed by atoms with Gasteiger partial charge < -0.3 is 9.84 Å². The molecule has 0 aliphatic heterocycles. The first kappa shape index (κ1) is 15.4. The minimum atomic E-state index is -0.603. The predicted octanol–water partition coefficient (Wildman–Crippen LogP) is 2.67. The Morgan fingerprint density at radius 2 is 2.15 bits per heavy atom. The van der Waals surface area contributed by atoms with Crippen molar-refractivity contribution in [2.45, 2.75) is 38.3 Å². The van der Waals surface area contributed by atoms with Crippen LogP contribution in [0.2, 0.25) is 0 Å². The smallest absolute Gasteiger partial charge is 0.126 e. The number of aliphatic hydroxyl groups excluding tert-OH is 1. The van der Waals surface area contributed by atoms with E-state index in [1.807, 2.05) is 0 Å². The number of ether oxygens (including phenoxy) is 1. The zero-order valence-corrected chi connectivity index (χ0v) is 12.3. The van der Waals surface area contributed by atoms with Gasteiger partial charge in [0.2, 0.25) is 0 Å². The fraction of sp³-hybridized carbons (Fsp3) is 0.625. The van der Waals surface area contributed by atoms with E-state index in [1.165, 1.54) is 18.9 Å². The SMILES string of the molecule is COCCN(CCC(O)c1ccc(C)c(F)c1)C1CC1. The molecule has 1 atom stereocenters. The molecule has 1 aliphatic carbocycles. The zero-order chi connectivity index (χ0) is 14.5. The largest absolute Gasteiger partial charge is 0.388 e. The summed E-state index contributed by atoms with van der Waals surface area (Å²) >= 11 is 0. The van der Waals surface area contributed by atoms with Crippen LogP contribution in [0.1, 0.15) is 36.5 Å². The first-order chi connectivity index (χ1) is 9.61. The normalized spacial score (nSPS) is 16.6. The second-order valence-corrected chi connectivity index (χ2v) is 5.57. The van der Waals surface area contributed by atoms with Crippen molar-refractivity contribution in [2.75, 3.05) is 26.8 Å². The van der Waals surface area contributed by atoms with Crippen LogP contribution in [0.5, 0.6) is 0 Å². The molecule has 0 heterocycles. The van der Waals surface area contributed by atoms with E-state index in [2.05, 4.69) is 4.90 Å². The van der Waals surface area contributed by atoms with E-state index in [1.54, 1.807) is 26.2 Å². The lowest BCUT2D eigenvalue weighted by Gasteiger charge is -2.23. The third-order valence-electron chi connectivity index (χ3n) is 3.92. The fourth-order valence-corrected chi connectivity index (χ4v) is 2.40. The molecule has 1 fully saturated rings. The Hall–Kier alpha value is -0.970. The summed E-state index contributed by atoms with van der Waals surface area (Å²) in [5, 5.41) is 10.2. The fourth-order valence-electron chi connectivity index (χ4n) is 2.40. The number of hydrogen-bond acceptors (Lipinski definition) is 3. The standard InChI is InChI=1S/C16H24FNO2/c1-12-3-4-13(11-15(12)17)16(19)7-8-18(9-10-20-2)14-5-6-14/h3-4,11,14,16,19H,5-10H2,1-2H3. The van der Waals surface area contributed by atoms with E-state index in [9.17, 15) is 9.50 Å². The molecule has 1 aromatic carbocycles. The van der Waals surface area contributed by atoms with Crippen LogP contribution in [0.25, 0.3) is 0 Å². The lowest BCUT2D eigenvalue weighted by Crippen LogP contribution is -2.31. The van der Waals surface area contributed by atoms with E-state index in [0.717, 1.165) is 13.1 Å². The van der Waals surface area contributed by atoms with E-state index >= 15 is 0 Å². The van der Waals surface area contributed by atoms with E-state index in [4.69, 9.17) is 4.74 Å². The molecule has 3 nitrogen and oxygen atoms in total. The number of aryl methyl sites for hydroxylation is 1. The molecule has 20 heavy (non-hydrogen) atoms. The monoisotopic (exact) mass is 281 g/mol. The molecular formula is C16H24FNO2. The number of nitrogens with zero attached hydrogens (tertiary/aromatic N) is 1. The van der Waals surface area contributed by atoms with Crippen molar-refractivity contribution in [3.05, 3.63) is 35.1 Å². The first-order valence-electron chi connectivity index (χ1n) is 7.29. The van der Waals surface area contributed by atoms with Gasteiger partial charge in [0, 0.05) is 26.2 Å². The molecule has 0 aromatic heterocycles. The Bertz CT molecular complexity index is 434. The van der Waals surface area contributed by atoms with Gasteiger partial charge in [-0.05, 0) is 43.4 Å². The van der Waals surface area contributed by atoms with Crippen LogP contribution < -0.4 is 0 Å². The van der Waals surface area contributed by atoms with E-state index in [-0.39, 0.29) is 5.82 Å². The predicted molar refractivity (Wildman–Crippen MR) is 77.2 cm³/mol. The minimum Gasteiger partial charge on any atom is -0.388 e. The molecule has 0 amide bonds. The van der Waals surface area contributed by atoms with Gasteiger partial charge in [-0.25, -0.2) is 4.39 Å². The first-order valence-corrected chi connectivity index (χ1v) is 7.29. The van der Waals surface area contributed by atoms with Crippen molar-refractivity contribution in [1.29, 1.82) is 0 Å². The third kappa shape index (κ3) is 4.27. The lowest BCUT2D eigenvalue weighted by molar-refractivity contribution is 0.113. The van der Waals surface area contributed by atoms with Gasteiger partial charge in [-0.15, -0.1) is 0 Å². The van der Waals surface area contributed by atoms with Gasteiger partial charge in [-0.3, -0.25) is 4.90 Å². The van der Waals surface area contributed by atoms with Gasteiger partial charge in [-0.1, -0.05) is 12.1 Å². The highest BCUT2D eigenvalue weighted by Gasteiger charge is 2.28. The van der Waals surface area contributed by atoms with Gasteiger partial charge in [-0.2, -0.15) is 0 Å². The second kappa shape index (κ2) is 7.16. The van der Waals surface area contributed by atoms with Gasteiger partial charge in [0.25, 0.3) is 0 Å². The molecule has 1 aliphatic rings. The van der Waals surface area contributed by atoms with Gasteiger partial charge in [0.05, 0.1) is 12.7 Å². The number of methoxy groups -OCH3 is 1. The maximum absolute atomic E-state index is 13.5. The van der Waals surface area contributed by atoms with Crippen LogP contribution in [0.4, 0.5) is 4.39 Å². The average molecular weight is 281 g/mol. The van der Waals surface area contributed by atoms with Gasteiger partial charge in [0.15, 0.2) is 0 Å². The summed E-state index contributed by atoms with van der Waals surface area (Å²) < 4.78 is 18.6. The van der Waals surface area contributed by atoms with E-state index in [0.29, 0.717) is 30.2 Å². The van der Waals surface area contributed by atoms with Crippen molar-refractivity contribution < 1.29 is 14.2 Å². The third-order valence-corrected chi connectivity index (χ3v) is 3.92. The zero-order valence-electron chi connectivity index (χ0n) is 12.3. The molecule has 1 aromatic rings. The van der Waals surface area contributed by atoms with Crippen molar-refractivity contribution in [1.82, 2.24) is 4.90 Å². The topological polar surface area (TPSA) is 32.7 Å². The van der Waals surface area contributed by atoms with Crippen LogP contribution in [0.3, 0.4) is 0 Å². The van der Waals surface area contributed by atoms with Gasteiger partial charge >= 0.3 is 0 Å². The second-order valence-electron chi connectivity index (χ2n) is 5.57. The molecule has 1 unspecified atom stereocenters. The summed E-state index contributed by atoms with van der Waals surface area (Å²) in [6.45, 7) is 4.16.